The van der Waals surface area contributed by atoms with Crippen LogP contribution in [-0.4, -0.2) is 47.7 Å². The molecule has 2 atom stereocenters. The van der Waals surface area contributed by atoms with E-state index in [1.807, 2.05) is 42.2 Å². The number of carbonyl (C=O) groups is 1. The highest BCUT2D eigenvalue weighted by molar-refractivity contribution is 5.96. The molecule has 1 saturated heterocycles. The second-order valence-electron chi connectivity index (χ2n) is 6.17. The van der Waals surface area contributed by atoms with E-state index in [0.29, 0.717) is 24.4 Å². The number of likely N-dealkylation sites (tertiary alicyclic amines) is 1. The average molecular weight is 326 g/mol. The second kappa shape index (κ2) is 7.01. The number of hydrogen-bond donors (Lipinski definition) is 1. The summed E-state index contributed by atoms with van der Waals surface area (Å²) >= 11 is 0. The van der Waals surface area contributed by atoms with E-state index in [9.17, 15) is 9.90 Å². The molecule has 1 fully saturated rings. The Hall–Kier alpha value is -2.40. The van der Waals surface area contributed by atoms with E-state index in [2.05, 4.69) is 4.98 Å². The van der Waals surface area contributed by atoms with Gasteiger partial charge in [0.15, 0.2) is 0 Å². The molecule has 2 aromatic rings. The maximum atomic E-state index is 13.0. The molecule has 1 aromatic carbocycles. The fraction of sp³-hybridized carbons (Fsp3) is 0.368. The first kappa shape index (κ1) is 16.5. The maximum Gasteiger partial charge on any atom is 0.254 e. The van der Waals surface area contributed by atoms with Crippen molar-refractivity contribution in [1.29, 1.82) is 0 Å². The molecule has 0 saturated carbocycles. The lowest BCUT2D eigenvalue weighted by Crippen LogP contribution is -2.29. The molecular weight excluding hydrogens is 304 g/mol. The number of methoxy groups -OCH3 is 1. The summed E-state index contributed by atoms with van der Waals surface area (Å²) < 4.78 is 5.31. The molecule has 1 aliphatic heterocycles. The monoisotopic (exact) mass is 326 g/mol. The standard InChI is InChI=1S/C19H22N2O3/c1-13-16(4-3-5-18(13)24-2)19(23)21-10-15(12-22)17(11-21)14-6-8-20-9-7-14/h3-9,15,17,22H,10-12H2,1-2H3/t15-,17-/m0/s1. The van der Waals surface area contributed by atoms with Crippen LogP contribution in [0.5, 0.6) is 5.75 Å². The van der Waals surface area contributed by atoms with E-state index < -0.39 is 0 Å². The van der Waals surface area contributed by atoms with Crippen molar-refractivity contribution in [3.63, 3.8) is 0 Å². The number of aromatic nitrogens is 1. The molecule has 1 aliphatic rings. The summed E-state index contributed by atoms with van der Waals surface area (Å²) in [5, 5.41) is 9.73. The fourth-order valence-electron chi connectivity index (χ4n) is 3.45. The smallest absolute Gasteiger partial charge is 0.254 e. The van der Waals surface area contributed by atoms with Crippen LogP contribution in [0.15, 0.2) is 42.7 Å². The van der Waals surface area contributed by atoms with Gasteiger partial charge in [-0.1, -0.05) is 6.07 Å². The normalized spacial score (nSPS) is 20.2. The second-order valence-corrected chi connectivity index (χ2v) is 6.17. The van der Waals surface area contributed by atoms with Crippen LogP contribution in [0.2, 0.25) is 0 Å². The summed E-state index contributed by atoms with van der Waals surface area (Å²) in [6.07, 6.45) is 3.50. The third-order valence-electron chi connectivity index (χ3n) is 4.83. The quantitative estimate of drug-likeness (QED) is 0.936. The number of rotatable bonds is 4. The molecule has 0 bridgehead atoms. The molecule has 0 unspecified atom stereocenters. The highest BCUT2D eigenvalue weighted by atomic mass is 16.5. The van der Waals surface area contributed by atoms with E-state index in [0.717, 1.165) is 11.1 Å². The van der Waals surface area contributed by atoms with Crippen molar-refractivity contribution < 1.29 is 14.6 Å². The minimum Gasteiger partial charge on any atom is -0.496 e. The first-order valence-corrected chi connectivity index (χ1v) is 8.09. The van der Waals surface area contributed by atoms with Crippen LogP contribution in [0.25, 0.3) is 0 Å². The highest BCUT2D eigenvalue weighted by Crippen LogP contribution is 2.33. The van der Waals surface area contributed by atoms with Gasteiger partial charge in [-0.2, -0.15) is 0 Å². The Morgan fingerprint density at radius 2 is 2.04 bits per heavy atom. The Balaban J connectivity index is 1.85. The molecule has 5 nitrogen and oxygen atoms in total. The van der Waals surface area contributed by atoms with Crippen molar-refractivity contribution >= 4 is 5.91 Å². The Morgan fingerprint density at radius 3 is 2.71 bits per heavy atom. The minimum atomic E-state index is -0.0126. The maximum absolute atomic E-state index is 13.0. The molecule has 126 valence electrons. The van der Waals surface area contributed by atoms with Gasteiger partial charge in [-0.05, 0) is 36.8 Å². The molecule has 1 amide bonds. The summed E-state index contributed by atoms with van der Waals surface area (Å²) in [5.74, 6) is 0.876. The Morgan fingerprint density at radius 1 is 1.29 bits per heavy atom. The lowest BCUT2D eigenvalue weighted by molar-refractivity contribution is 0.0780. The minimum absolute atomic E-state index is 0.0126. The number of amides is 1. The molecule has 0 spiro atoms. The van der Waals surface area contributed by atoms with Crippen LogP contribution in [-0.2, 0) is 0 Å². The summed E-state index contributed by atoms with van der Waals surface area (Å²) in [6.45, 7) is 3.11. The van der Waals surface area contributed by atoms with Crippen LogP contribution in [0.1, 0.15) is 27.4 Å². The predicted molar refractivity (Wildman–Crippen MR) is 91.2 cm³/mol. The van der Waals surface area contributed by atoms with Gasteiger partial charge in [0.25, 0.3) is 5.91 Å². The number of nitrogens with zero attached hydrogens (tertiary/aromatic N) is 2. The van der Waals surface area contributed by atoms with Crippen LogP contribution >= 0.6 is 0 Å². The van der Waals surface area contributed by atoms with Crippen molar-refractivity contribution in [3.05, 3.63) is 59.4 Å². The number of ether oxygens (including phenoxy) is 1. The van der Waals surface area contributed by atoms with Crippen LogP contribution in [0.4, 0.5) is 0 Å². The average Bonchev–Trinajstić information content (AvgIpc) is 3.06. The lowest BCUT2D eigenvalue weighted by Gasteiger charge is -2.19. The van der Waals surface area contributed by atoms with E-state index >= 15 is 0 Å². The number of carbonyl (C=O) groups excluding carboxylic acids is 1. The van der Waals surface area contributed by atoms with E-state index in [1.54, 1.807) is 19.5 Å². The Bertz CT molecular complexity index is 718. The zero-order chi connectivity index (χ0) is 17.1. The number of hydrogen-bond acceptors (Lipinski definition) is 4. The van der Waals surface area contributed by atoms with Gasteiger partial charge in [0, 0.05) is 55.1 Å². The zero-order valence-electron chi connectivity index (χ0n) is 14.0. The molecule has 0 aliphatic carbocycles. The number of aliphatic hydroxyl groups excluding tert-OH is 1. The lowest BCUT2D eigenvalue weighted by atomic mass is 9.90. The van der Waals surface area contributed by atoms with Crippen molar-refractivity contribution in [3.8, 4) is 5.75 Å². The van der Waals surface area contributed by atoms with Crippen molar-refractivity contribution in [2.24, 2.45) is 5.92 Å². The number of aliphatic hydroxyl groups is 1. The van der Waals surface area contributed by atoms with Crippen molar-refractivity contribution in [1.82, 2.24) is 9.88 Å². The van der Waals surface area contributed by atoms with E-state index in [-0.39, 0.29) is 24.3 Å². The molecule has 1 aromatic heterocycles. The molecule has 5 heteroatoms. The Labute approximate surface area is 141 Å². The zero-order valence-corrected chi connectivity index (χ0v) is 14.0. The molecule has 2 heterocycles. The fourth-order valence-corrected chi connectivity index (χ4v) is 3.45. The molecule has 3 rings (SSSR count). The van der Waals surface area contributed by atoms with Gasteiger partial charge in [0.1, 0.15) is 5.75 Å². The van der Waals surface area contributed by atoms with Crippen LogP contribution < -0.4 is 4.74 Å². The molecular formula is C19H22N2O3. The van der Waals surface area contributed by atoms with Gasteiger partial charge in [-0.3, -0.25) is 9.78 Å². The van der Waals surface area contributed by atoms with Gasteiger partial charge in [-0.25, -0.2) is 0 Å². The van der Waals surface area contributed by atoms with E-state index in [4.69, 9.17) is 4.74 Å². The summed E-state index contributed by atoms with van der Waals surface area (Å²) in [5.41, 5.74) is 2.61. The van der Waals surface area contributed by atoms with Crippen molar-refractivity contribution in [2.75, 3.05) is 26.8 Å². The van der Waals surface area contributed by atoms with E-state index in [1.165, 1.54) is 0 Å². The summed E-state index contributed by atoms with van der Waals surface area (Å²) in [6, 6.07) is 9.43. The SMILES string of the molecule is COc1cccc(C(=O)N2C[C@@H](CO)[C@H](c3ccncc3)C2)c1C. The van der Waals surface area contributed by atoms with Crippen LogP contribution in [0.3, 0.4) is 0 Å². The molecule has 24 heavy (non-hydrogen) atoms. The summed E-state index contributed by atoms with van der Waals surface area (Å²) in [7, 11) is 1.60. The molecule has 1 N–H and O–H groups in total. The first-order chi connectivity index (χ1) is 11.7. The first-order valence-electron chi connectivity index (χ1n) is 8.09. The predicted octanol–water partition coefficient (Wildman–Crippen LogP) is 2.25. The number of benzene rings is 1. The van der Waals surface area contributed by atoms with Gasteiger partial charge < -0.3 is 14.7 Å². The number of pyridine rings is 1. The topological polar surface area (TPSA) is 62.7 Å². The van der Waals surface area contributed by atoms with Gasteiger partial charge in [0.05, 0.1) is 7.11 Å². The van der Waals surface area contributed by atoms with Gasteiger partial charge in [0.2, 0.25) is 0 Å². The largest absolute Gasteiger partial charge is 0.496 e. The summed E-state index contributed by atoms with van der Waals surface area (Å²) in [4.78, 5) is 18.8. The Kier molecular flexibility index (Phi) is 4.81. The molecule has 0 radical (unpaired) electrons. The van der Waals surface area contributed by atoms with Crippen molar-refractivity contribution in [2.45, 2.75) is 12.8 Å². The third-order valence-corrected chi connectivity index (χ3v) is 4.83. The van der Waals surface area contributed by atoms with Gasteiger partial charge >= 0.3 is 0 Å². The van der Waals surface area contributed by atoms with Gasteiger partial charge in [-0.15, -0.1) is 0 Å². The highest BCUT2D eigenvalue weighted by Gasteiger charge is 2.36. The van der Waals surface area contributed by atoms with Crippen LogP contribution in [0, 0.1) is 12.8 Å². The third kappa shape index (κ3) is 2.99.